The van der Waals surface area contributed by atoms with Gasteiger partial charge in [0.25, 0.3) is 0 Å². The minimum atomic E-state index is 0.0781. The summed E-state index contributed by atoms with van der Waals surface area (Å²) in [5.41, 5.74) is 3.32. The van der Waals surface area contributed by atoms with Gasteiger partial charge in [0.05, 0.1) is 26.5 Å². The van der Waals surface area contributed by atoms with Crippen molar-refractivity contribution in [2.24, 2.45) is 0 Å². The predicted octanol–water partition coefficient (Wildman–Crippen LogP) is 2.70. The van der Waals surface area contributed by atoms with Crippen LogP contribution < -0.4 is 14.8 Å². The molecule has 1 heterocycles. The van der Waals surface area contributed by atoms with Gasteiger partial charge in [-0.1, -0.05) is 24.3 Å². The van der Waals surface area contributed by atoms with Gasteiger partial charge in [0.15, 0.2) is 0 Å². The molecule has 1 aliphatic heterocycles. The quantitative estimate of drug-likeness (QED) is 0.918. The molecule has 0 aliphatic carbocycles. The van der Waals surface area contributed by atoms with Crippen molar-refractivity contribution in [3.05, 3.63) is 53.6 Å². The molecule has 0 unspecified atom stereocenters. The SMILES string of the molecule is COc1ccc(OC)c(NCC(=O)N2CCc3ccccc3C2)c1. The van der Waals surface area contributed by atoms with Crippen molar-refractivity contribution in [3.8, 4) is 11.5 Å². The zero-order valence-corrected chi connectivity index (χ0v) is 14.0. The van der Waals surface area contributed by atoms with Gasteiger partial charge in [0.2, 0.25) is 5.91 Å². The van der Waals surface area contributed by atoms with Crippen molar-refractivity contribution in [1.82, 2.24) is 4.90 Å². The van der Waals surface area contributed by atoms with E-state index in [-0.39, 0.29) is 12.5 Å². The van der Waals surface area contributed by atoms with Crippen LogP contribution in [0.1, 0.15) is 11.1 Å². The molecule has 0 aromatic heterocycles. The van der Waals surface area contributed by atoms with Crippen LogP contribution in [0.4, 0.5) is 5.69 Å². The van der Waals surface area contributed by atoms with E-state index < -0.39 is 0 Å². The Morgan fingerprint density at radius 1 is 1.12 bits per heavy atom. The van der Waals surface area contributed by atoms with Crippen molar-refractivity contribution >= 4 is 11.6 Å². The Labute approximate surface area is 142 Å². The van der Waals surface area contributed by atoms with Crippen molar-refractivity contribution < 1.29 is 14.3 Å². The summed E-state index contributed by atoms with van der Waals surface area (Å²) >= 11 is 0. The molecule has 3 rings (SSSR count). The highest BCUT2D eigenvalue weighted by molar-refractivity contribution is 5.82. The first-order chi connectivity index (χ1) is 11.7. The largest absolute Gasteiger partial charge is 0.497 e. The number of methoxy groups -OCH3 is 2. The molecule has 0 saturated heterocycles. The number of anilines is 1. The summed E-state index contributed by atoms with van der Waals surface area (Å²) in [4.78, 5) is 14.4. The third kappa shape index (κ3) is 3.45. The summed E-state index contributed by atoms with van der Waals surface area (Å²) in [6, 6.07) is 13.8. The summed E-state index contributed by atoms with van der Waals surface area (Å²) < 4.78 is 10.6. The molecule has 0 fully saturated rings. The molecule has 0 spiro atoms. The lowest BCUT2D eigenvalue weighted by atomic mass is 10.00. The van der Waals surface area contributed by atoms with E-state index in [9.17, 15) is 4.79 Å². The molecule has 1 amide bonds. The molecule has 1 aliphatic rings. The van der Waals surface area contributed by atoms with Crippen molar-refractivity contribution in [2.75, 3.05) is 32.6 Å². The second kappa shape index (κ2) is 7.25. The normalized spacial score (nSPS) is 13.2. The Bertz CT molecular complexity index is 730. The van der Waals surface area contributed by atoms with Gasteiger partial charge in [-0.25, -0.2) is 0 Å². The number of ether oxygens (including phenoxy) is 2. The molecular weight excluding hydrogens is 304 g/mol. The second-order valence-corrected chi connectivity index (χ2v) is 5.75. The zero-order valence-electron chi connectivity index (χ0n) is 14.0. The van der Waals surface area contributed by atoms with Crippen LogP contribution in [-0.2, 0) is 17.8 Å². The highest BCUT2D eigenvalue weighted by Crippen LogP contribution is 2.28. The van der Waals surface area contributed by atoms with Gasteiger partial charge in [0.1, 0.15) is 11.5 Å². The summed E-state index contributed by atoms with van der Waals surface area (Å²) in [6.07, 6.45) is 0.907. The van der Waals surface area contributed by atoms with E-state index in [2.05, 4.69) is 17.4 Å². The summed E-state index contributed by atoms with van der Waals surface area (Å²) in [5.74, 6) is 1.49. The van der Waals surface area contributed by atoms with Crippen LogP contribution in [0, 0.1) is 0 Å². The van der Waals surface area contributed by atoms with Crippen LogP contribution in [0.3, 0.4) is 0 Å². The fraction of sp³-hybridized carbons (Fsp3) is 0.316. The Morgan fingerprint density at radius 2 is 1.92 bits per heavy atom. The van der Waals surface area contributed by atoms with E-state index in [1.807, 2.05) is 35.2 Å². The number of fused-ring (bicyclic) bond motifs is 1. The monoisotopic (exact) mass is 326 g/mol. The maximum absolute atomic E-state index is 12.5. The number of carbonyl (C=O) groups excluding carboxylic acids is 1. The first kappa shape index (κ1) is 16.2. The van der Waals surface area contributed by atoms with E-state index in [1.165, 1.54) is 11.1 Å². The molecule has 5 nitrogen and oxygen atoms in total. The molecule has 0 bridgehead atoms. The van der Waals surface area contributed by atoms with Gasteiger partial charge < -0.3 is 19.7 Å². The molecule has 2 aromatic rings. The van der Waals surface area contributed by atoms with E-state index in [0.717, 1.165) is 24.4 Å². The number of rotatable bonds is 5. The zero-order chi connectivity index (χ0) is 16.9. The molecule has 0 radical (unpaired) electrons. The maximum atomic E-state index is 12.5. The first-order valence-corrected chi connectivity index (χ1v) is 8.01. The lowest BCUT2D eigenvalue weighted by Crippen LogP contribution is -2.39. The van der Waals surface area contributed by atoms with Crippen LogP contribution in [-0.4, -0.2) is 38.1 Å². The summed E-state index contributed by atoms with van der Waals surface area (Å²) in [6.45, 7) is 1.66. The average molecular weight is 326 g/mol. The van der Waals surface area contributed by atoms with Crippen molar-refractivity contribution in [3.63, 3.8) is 0 Å². The highest BCUT2D eigenvalue weighted by atomic mass is 16.5. The van der Waals surface area contributed by atoms with E-state index in [1.54, 1.807) is 14.2 Å². The number of hydrogen-bond acceptors (Lipinski definition) is 4. The number of hydrogen-bond donors (Lipinski definition) is 1. The third-order valence-corrected chi connectivity index (χ3v) is 4.32. The van der Waals surface area contributed by atoms with Crippen molar-refractivity contribution in [2.45, 2.75) is 13.0 Å². The maximum Gasteiger partial charge on any atom is 0.242 e. The lowest BCUT2D eigenvalue weighted by molar-refractivity contribution is -0.130. The number of carbonyl (C=O) groups is 1. The number of nitrogens with zero attached hydrogens (tertiary/aromatic N) is 1. The molecule has 24 heavy (non-hydrogen) atoms. The second-order valence-electron chi connectivity index (χ2n) is 5.75. The Kier molecular flexibility index (Phi) is 4.89. The first-order valence-electron chi connectivity index (χ1n) is 8.01. The van der Waals surface area contributed by atoms with E-state index in [0.29, 0.717) is 12.3 Å². The summed E-state index contributed by atoms with van der Waals surface area (Å²) in [7, 11) is 3.22. The van der Waals surface area contributed by atoms with E-state index >= 15 is 0 Å². The highest BCUT2D eigenvalue weighted by Gasteiger charge is 2.20. The third-order valence-electron chi connectivity index (χ3n) is 4.32. The lowest BCUT2D eigenvalue weighted by Gasteiger charge is -2.29. The van der Waals surface area contributed by atoms with Gasteiger partial charge in [0, 0.05) is 19.2 Å². The molecule has 5 heteroatoms. The minimum Gasteiger partial charge on any atom is -0.497 e. The Balaban J connectivity index is 1.64. The molecule has 126 valence electrons. The summed E-state index contributed by atoms with van der Waals surface area (Å²) in [5, 5.41) is 3.16. The molecule has 0 saturated carbocycles. The topological polar surface area (TPSA) is 50.8 Å². The number of amides is 1. The molecular formula is C19H22N2O3. The smallest absolute Gasteiger partial charge is 0.242 e. The Hall–Kier alpha value is -2.69. The number of benzene rings is 2. The fourth-order valence-electron chi connectivity index (χ4n) is 2.94. The van der Waals surface area contributed by atoms with Gasteiger partial charge in [-0.05, 0) is 29.7 Å². The predicted molar refractivity (Wildman–Crippen MR) is 93.6 cm³/mol. The van der Waals surface area contributed by atoms with Crippen LogP contribution in [0.25, 0.3) is 0 Å². The Morgan fingerprint density at radius 3 is 2.67 bits per heavy atom. The van der Waals surface area contributed by atoms with Crippen LogP contribution in [0.5, 0.6) is 11.5 Å². The minimum absolute atomic E-state index is 0.0781. The number of nitrogens with one attached hydrogen (secondary N) is 1. The van der Waals surface area contributed by atoms with Gasteiger partial charge >= 0.3 is 0 Å². The van der Waals surface area contributed by atoms with E-state index in [4.69, 9.17) is 9.47 Å². The standard InChI is InChI=1S/C19H22N2O3/c1-23-16-7-8-18(24-2)17(11-16)20-12-19(22)21-10-9-14-5-3-4-6-15(14)13-21/h3-8,11,20H,9-10,12-13H2,1-2H3. The van der Waals surface area contributed by atoms with Crippen LogP contribution in [0.15, 0.2) is 42.5 Å². The van der Waals surface area contributed by atoms with Crippen molar-refractivity contribution in [1.29, 1.82) is 0 Å². The fourth-order valence-corrected chi connectivity index (χ4v) is 2.94. The molecule has 1 N–H and O–H groups in total. The van der Waals surface area contributed by atoms with Gasteiger partial charge in [-0.3, -0.25) is 4.79 Å². The average Bonchev–Trinajstić information content (AvgIpc) is 2.65. The molecule has 0 atom stereocenters. The van der Waals surface area contributed by atoms with Crippen LogP contribution >= 0.6 is 0 Å². The molecule has 2 aromatic carbocycles. The van der Waals surface area contributed by atoms with Gasteiger partial charge in [-0.15, -0.1) is 0 Å². The van der Waals surface area contributed by atoms with Crippen LogP contribution in [0.2, 0.25) is 0 Å². The van der Waals surface area contributed by atoms with Gasteiger partial charge in [-0.2, -0.15) is 0 Å².